The second-order valence-corrected chi connectivity index (χ2v) is 8.62. The van der Waals surface area contributed by atoms with Crippen LogP contribution in [0.25, 0.3) is 10.8 Å². The molecule has 0 atom stereocenters. The van der Waals surface area contributed by atoms with E-state index in [1.165, 1.54) is 16.7 Å². The van der Waals surface area contributed by atoms with E-state index in [0.29, 0.717) is 6.54 Å². The Morgan fingerprint density at radius 3 is 2.23 bits per heavy atom. The van der Waals surface area contributed by atoms with Crippen molar-refractivity contribution in [3.05, 3.63) is 113 Å². The number of benzene rings is 4. The molecule has 1 amide bonds. The summed E-state index contributed by atoms with van der Waals surface area (Å²) in [4.78, 5) is 17.5. The average Bonchev–Trinajstić information content (AvgIpc) is 3.08. The van der Waals surface area contributed by atoms with Crippen molar-refractivity contribution in [2.75, 3.05) is 11.4 Å². The molecule has 3 heteroatoms. The van der Waals surface area contributed by atoms with Gasteiger partial charge in [0.05, 0.1) is 12.2 Å². The first-order valence-electron chi connectivity index (χ1n) is 11.0. The van der Waals surface area contributed by atoms with Gasteiger partial charge in [-0.1, -0.05) is 72.8 Å². The quantitative estimate of drug-likeness (QED) is 0.445. The maximum absolute atomic E-state index is 13.0. The SMILES string of the molecule is O=C1c2cccc3cccc(c23)N1Cc1ccc(CN2CCc3ccccc3C2)cc1. The summed E-state index contributed by atoms with van der Waals surface area (Å²) in [6.07, 6.45) is 1.12. The third-order valence-corrected chi connectivity index (χ3v) is 6.63. The lowest BCUT2D eigenvalue weighted by atomic mass is 9.99. The maximum Gasteiger partial charge on any atom is 0.259 e. The number of amides is 1. The average molecular weight is 405 g/mol. The van der Waals surface area contributed by atoms with Gasteiger partial charge in [-0.3, -0.25) is 9.69 Å². The van der Waals surface area contributed by atoms with Crippen molar-refractivity contribution >= 4 is 22.4 Å². The second kappa shape index (κ2) is 7.36. The minimum atomic E-state index is 0.0999. The molecule has 0 spiro atoms. The van der Waals surface area contributed by atoms with Gasteiger partial charge < -0.3 is 4.90 Å². The van der Waals surface area contributed by atoms with Crippen LogP contribution in [0.1, 0.15) is 32.6 Å². The molecule has 2 heterocycles. The second-order valence-electron chi connectivity index (χ2n) is 8.62. The molecule has 0 radical (unpaired) electrons. The Morgan fingerprint density at radius 2 is 1.42 bits per heavy atom. The van der Waals surface area contributed by atoms with E-state index in [4.69, 9.17) is 0 Å². The summed E-state index contributed by atoms with van der Waals surface area (Å²) in [5.41, 5.74) is 7.25. The molecule has 2 aliphatic heterocycles. The summed E-state index contributed by atoms with van der Waals surface area (Å²) in [5, 5.41) is 2.21. The number of fused-ring (bicyclic) bond motifs is 1. The topological polar surface area (TPSA) is 23.6 Å². The summed E-state index contributed by atoms with van der Waals surface area (Å²) >= 11 is 0. The Kier molecular flexibility index (Phi) is 4.36. The summed E-state index contributed by atoms with van der Waals surface area (Å²) in [6.45, 7) is 3.68. The van der Waals surface area contributed by atoms with Gasteiger partial charge in [-0.15, -0.1) is 0 Å². The predicted molar refractivity (Wildman–Crippen MR) is 125 cm³/mol. The molecular formula is C28H24N2O. The molecule has 0 unspecified atom stereocenters. The minimum Gasteiger partial charge on any atom is -0.303 e. The number of hydrogen-bond acceptors (Lipinski definition) is 2. The fourth-order valence-electron chi connectivity index (χ4n) is 5.02. The van der Waals surface area contributed by atoms with Crippen LogP contribution in [0.15, 0.2) is 84.9 Å². The molecule has 0 saturated heterocycles. The lowest BCUT2D eigenvalue weighted by Gasteiger charge is -2.28. The van der Waals surface area contributed by atoms with E-state index in [1.54, 1.807) is 0 Å². The Morgan fingerprint density at radius 1 is 0.710 bits per heavy atom. The summed E-state index contributed by atoms with van der Waals surface area (Å²) in [7, 11) is 0. The van der Waals surface area contributed by atoms with Crippen LogP contribution in [0.5, 0.6) is 0 Å². The van der Waals surface area contributed by atoms with Crippen LogP contribution < -0.4 is 4.90 Å². The first-order chi connectivity index (χ1) is 15.3. The van der Waals surface area contributed by atoms with Gasteiger partial charge in [0.15, 0.2) is 0 Å². The van der Waals surface area contributed by atoms with E-state index in [-0.39, 0.29) is 5.91 Å². The van der Waals surface area contributed by atoms with Crippen LogP contribution in [-0.4, -0.2) is 17.4 Å². The van der Waals surface area contributed by atoms with Crippen molar-refractivity contribution in [2.24, 2.45) is 0 Å². The Balaban J connectivity index is 1.18. The maximum atomic E-state index is 13.0. The lowest BCUT2D eigenvalue weighted by Crippen LogP contribution is -2.30. The number of anilines is 1. The number of hydrogen-bond donors (Lipinski definition) is 0. The van der Waals surface area contributed by atoms with Gasteiger partial charge in [0.2, 0.25) is 0 Å². The minimum absolute atomic E-state index is 0.0999. The molecule has 0 fully saturated rings. The summed E-state index contributed by atoms with van der Waals surface area (Å²) in [6, 6.07) is 29.7. The highest BCUT2D eigenvalue weighted by atomic mass is 16.2. The van der Waals surface area contributed by atoms with E-state index in [2.05, 4.69) is 71.6 Å². The third-order valence-electron chi connectivity index (χ3n) is 6.63. The molecule has 4 aromatic rings. The smallest absolute Gasteiger partial charge is 0.259 e. The molecule has 0 aromatic heterocycles. The highest BCUT2D eigenvalue weighted by Crippen LogP contribution is 2.38. The van der Waals surface area contributed by atoms with Crippen molar-refractivity contribution in [3.63, 3.8) is 0 Å². The van der Waals surface area contributed by atoms with Crippen LogP contribution in [0.4, 0.5) is 5.69 Å². The zero-order chi connectivity index (χ0) is 20.8. The fraction of sp³-hybridized carbons (Fsp3) is 0.179. The van der Waals surface area contributed by atoms with Gasteiger partial charge in [-0.05, 0) is 46.2 Å². The molecule has 152 valence electrons. The summed E-state index contributed by atoms with van der Waals surface area (Å²) < 4.78 is 0. The lowest BCUT2D eigenvalue weighted by molar-refractivity contribution is 0.0991. The molecule has 2 aliphatic rings. The number of carbonyl (C=O) groups is 1. The van der Waals surface area contributed by atoms with Crippen LogP contribution in [0.3, 0.4) is 0 Å². The first kappa shape index (κ1) is 18.3. The molecule has 3 nitrogen and oxygen atoms in total. The van der Waals surface area contributed by atoms with Gasteiger partial charge in [0.25, 0.3) is 5.91 Å². The van der Waals surface area contributed by atoms with Crippen molar-refractivity contribution in [1.29, 1.82) is 0 Å². The molecule has 0 saturated carbocycles. The van der Waals surface area contributed by atoms with Gasteiger partial charge >= 0.3 is 0 Å². The van der Waals surface area contributed by atoms with Crippen molar-refractivity contribution in [2.45, 2.75) is 26.1 Å². The molecule has 6 rings (SSSR count). The van der Waals surface area contributed by atoms with E-state index in [1.807, 2.05) is 23.1 Å². The normalized spacial score (nSPS) is 15.5. The third kappa shape index (κ3) is 3.22. The molecule has 0 bridgehead atoms. The molecular weight excluding hydrogens is 380 g/mol. The van der Waals surface area contributed by atoms with E-state index in [0.717, 1.165) is 53.6 Å². The van der Waals surface area contributed by atoms with E-state index >= 15 is 0 Å². The van der Waals surface area contributed by atoms with Crippen LogP contribution in [0.2, 0.25) is 0 Å². The van der Waals surface area contributed by atoms with E-state index < -0.39 is 0 Å². The monoisotopic (exact) mass is 404 g/mol. The number of nitrogens with zero attached hydrogens (tertiary/aromatic N) is 2. The van der Waals surface area contributed by atoms with Crippen LogP contribution >= 0.6 is 0 Å². The first-order valence-corrected chi connectivity index (χ1v) is 11.0. The molecule has 31 heavy (non-hydrogen) atoms. The van der Waals surface area contributed by atoms with Crippen molar-refractivity contribution < 1.29 is 4.79 Å². The molecule has 4 aromatic carbocycles. The van der Waals surface area contributed by atoms with Gasteiger partial charge in [0.1, 0.15) is 0 Å². The molecule has 0 aliphatic carbocycles. The predicted octanol–water partition coefficient (Wildman–Crippen LogP) is 5.56. The van der Waals surface area contributed by atoms with Crippen LogP contribution in [-0.2, 0) is 26.1 Å². The fourth-order valence-corrected chi connectivity index (χ4v) is 5.02. The number of rotatable bonds is 4. The Hall–Kier alpha value is -3.43. The number of carbonyl (C=O) groups excluding carboxylic acids is 1. The summed E-state index contributed by atoms with van der Waals surface area (Å²) in [5.74, 6) is 0.0999. The standard InChI is InChI=1S/C28H24N2O/c31-28-25-9-3-7-23-8-4-10-26(27(23)25)30(28)18-21-13-11-20(12-14-21)17-29-16-15-22-5-1-2-6-24(22)19-29/h1-14H,15-19H2. The van der Waals surface area contributed by atoms with Gasteiger partial charge in [-0.25, -0.2) is 0 Å². The van der Waals surface area contributed by atoms with E-state index in [9.17, 15) is 4.79 Å². The Labute approximate surface area is 182 Å². The Bertz CT molecular complexity index is 1290. The van der Waals surface area contributed by atoms with Gasteiger partial charge in [-0.2, -0.15) is 0 Å². The highest BCUT2D eigenvalue weighted by Gasteiger charge is 2.29. The van der Waals surface area contributed by atoms with Crippen molar-refractivity contribution in [1.82, 2.24) is 4.90 Å². The largest absolute Gasteiger partial charge is 0.303 e. The highest BCUT2D eigenvalue weighted by molar-refractivity contribution is 6.24. The van der Waals surface area contributed by atoms with Crippen molar-refractivity contribution in [3.8, 4) is 0 Å². The zero-order valence-electron chi connectivity index (χ0n) is 17.4. The molecule has 0 N–H and O–H groups in total. The van der Waals surface area contributed by atoms with Crippen LogP contribution in [0, 0.1) is 0 Å². The van der Waals surface area contributed by atoms with Gasteiger partial charge in [0, 0.05) is 30.6 Å². The zero-order valence-corrected chi connectivity index (χ0v) is 17.4.